The summed E-state index contributed by atoms with van der Waals surface area (Å²) in [6, 6.07) is 2.82. The molecule has 1 fully saturated rings. The van der Waals surface area contributed by atoms with Gasteiger partial charge in [0.25, 0.3) is 0 Å². The summed E-state index contributed by atoms with van der Waals surface area (Å²) in [4.78, 5) is 3.64. The number of aromatic nitrogens is 1. The van der Waals surface area contributed by atoms with E-state index in [0.29, 0.717) is 5.56 Å². The van der Waals surface area contributed by atoms with E-state index in [4.69, 9.17) is 9.31 Å². The normalized spacial score (nSPS) is 20.8. The van der Waals surface area contributed by atoms with Crippen molar-refractivity contribution in [2.75, 3.05) is 0 Å². The first-order valence-corrected chi connectivity index (χ1v) is 6.55. The molecule has 0 aliphatic carbocycles. The number of nitrogens with zero attached hydrogens (tertiary/aromatic N) is 1. The van der Waals surface area contributed by atoms with Crippen LogP contribution in [0.1, 0.15) is 39.0 Å². The smallest absolute Gasteiger partial charge is 0.400 e. The molecule has 1 aliphatic rings. The van der Waals surface area contributed by atoms with Crippen LogP contribution in [-0.2, 0) is 15.9 Å². The van der Waals surface area contributed by atoms with Gasteiger partial charge in [0.1, 0.15) is 0 Å². The first-order valence-electron chi connectivity index (χ1n) is 6.55. The standard InChI is InChI=1S/C14H19BFNO3/c1-13(2)14(3,4)20-15(19-13)8-7-10-5-6-12(16)17-11(10)9-18/h5-8,18H,9H2,1-4H3/b8-7+. The second-order valence-electron chi connectivity index (χ2n) is 5.81. The van der Waals surface area contributed by atoms with Gasteiger partial charge in [-0.15, -0.1) is 0 Å². The predicted molar refractivity (Wildman–Crippen MR) is 75.2 cm³/mol. The van der Waals surface area contributed by atoms with E-state index < -0.39 is 24.3 Å². The summed E-state index contributed by atoms with van der Waals surface area (Å²) in [6.45, 7) is 7.57. The highest BCUT2D eigenvalue weighted by atomic mass is 19.1. The van der Waals surface area contributed by atoms with Gasteiger partial charge in [-0.25, -0.2) is 4.98 Å². The second kappa shape index (κ2) is 5.28. The number of pyridine rings is 1. The summed E-state index contributed by atoms with van der Waals surface area (Å²) in [5.41, 5.74) is 0.132. The summed E-state index contributed by atoms with van der Waals surface area (Å²) < 4.78 is 24.6. The minimum absolute atomic E-state index is 0.290. The summed E-state index contributed by atoms with van der Waals surface area (Å²) in [5.74, 6) is 1.13. The third-order valence-electron chi connectivity index (χ3n) is 3.83. The van der Waals surface area contributed by atoms with Crippen molar-refractivity contribution in [1.82, 2.24) is 4.98 Å². The Hall–Kier alpha value is -1.24. The molecule has 1 aliphatic heterocycles. The van der Waals surface area contributed by atoms with Crippen LogP contribution in [0.25, 0.3) is 6.08 Å². The highest BCUT2D eigenvalue weighted by molar-refractivity contribution is 6.52. The molecule has 0 amide bonds. The fourth-order valence-corrected chi connectivity index (χ4v) is 1.91. The molecule has 0 bridgehead atoms. The molecule has 1 N–H and O–H groups in total. The van der Waals surface area contributed by atoms with Gasteiger partial charge in [0.15, 0.2) is 0 Å². The lowest BCUT2D eigenvalue weighted by molar-refractivity contribution is 0.00578. The lowest BCUT2D eigenvalue weighted by atomic mass is 9.89. The number of halogens is 1. The third kappa shape index (κ3) is 2.92. The van der Waals surface area contributed by atoms with Crippen LogP contribution in [0.4, 0.5) is 4.39 Å². The lowest BCUT2D eigenvalue weighted by Gasteiger charge is -2.32. The molecular formula is C14H19BFNO3. The molecule has 0 atom stereocenters. The summed E-state index contributed by atoms with van der Waals surface area (Å²) in [7, 11) is -0.475. The topological polar surface area (TPSA) is 51.6 Å². The predicted octanol–water partition coefficient (Wildman–Crippen LogP) is 2.36. The van der Waals surface area contributed by atoms with Crippen molar-refractivity contribution in [1.29, 1.82) is 0 Å². The molecule has 108 valence electrons. The number of aliphatic hydroxyl groups excluding tert-OH is 1. The van der Waals surface area contributed by atoms with Gasteiger partial charge >= 0.3 is 7.12 Å². The SMILES string of the molecule is CC1(C)OB(/C=C/c2ccc(F)nc2CO)OC1(C)C. The fourth-order valence-electron chi connectivity index (χ4n) is 1.91. The maximum Gasteiger partial charge on any atom is 0.487 e. The van der Waals surface area contributed by atoms with Crippen LogP contribution in [0.5, 0.6) is 0 Å². The van der Waals surface area contributed by atoms with E-state index in [2.05, 4.69) is 4.98 Å². The largest absolute Gasteiger partial charge is 0.487 e. The van der Waals surface area contributed by atoms with Crippen molar-refractivity contribution in [3.8, 4) is 0 Å². The first kappa shape index (κ1) is 15.2. The van der Waals surface area contributed by atoms with E-state index in [0.717, 1.165) is 0 Å². The molecule has 1 aromatic heterocycles. The quantitative estimate of drug-likeness (QED) is 0.681. The van der Waals surface area contributed by atoms with Crippen LogP contribution >= 0.6 is 0 Å². The van der Waals surface area contributed by atoms with Crippen molar-refractivity contribution < 1.29 is 18.8 Å². The van der Waals surface area contributed by atoms with Crippen LogP contribution in [0.2, 0.25) is 0 Å². The maximum atomic E-state index is 13.0. The van der Waals surface area contributed by atoms with Crippen molar-refractivity contribution in [3.05, 3.63) is 35.3 Å². The van der Waals surface area contributed by atoms with Gasteiger partial charge in [-0.1, -0.05) is 12.1 Å². The molecule has 1 aromatic rings. The Labute approximate surface area is 118 Å². The highest BCUT2D eigenvalue weighted by Crippen LogP contribution is 2.37. The maximum absolute atomic E-state index is 13.0. The van der Waals surface area contributed by atoms with E-state index in [1.807, 2.05) is 27.7 Å². The van der Waals surface area contributed by atoms with Gasteiger partial charge in [0.2, 0.25) is 5.95 Å². The zero-order chi connectivity index (χ0) is 15.0. The lowest BCUT2D eigenvalue weighted by Crippen LogP contribution is -2.41. The van der Waals surface area contributed by atoms with E-state index in [-0.39, 0.29) is 12.3 Å². The number of hydrogen-bond donors (Lipinski definition) is 1. The number of rotatable bonds is 3. The second-order valence-corrected chi connectivity index (χ2v) is 5.81. The Kier molecular flexibility index (Phi) is 4.00. The molecule has 0 aromatic carbocycles. The molecule has 0 unspecified atom stereocenters. The van der Waals surface area contributed by atoms with Crippen LogP contribution in [0.15, 0.2) is 18.1 Å². The van der Waals surface area contributed by atoms with Crippen molar-refractivity contribution in [3.63, 3.8) is 0 Å². The molecule has 0 radical (unpaired) electrons. The first-order chi connectivity index (χ1) is 9.25. The molecule has 1 saturated heterocycles. The van der Waals surface area contributed by atoms with Crippen LogP contribution in [-0.4, -0.2) is 28.4 Å². The average molecular weight is 279 g/mol. The molecule has 0 spiro atoms. The van der Waals surface area contributed by atoms with E-state index in [1.165, 1.54) is 6.07 Å². The average Bonchev–Trinajstić information content (AvgIpc) is 2.56. The van der Waals surface area contributed by atoms with Gasteiger partial charge in [0.05, 0.1) is 23.5 Å². The molecule has 2 heterocycles. The fraction of sp³-hybridized carbons (Fsp3) is 0.500. The van der Waals surface area contributed by atoms with Crippen molar-refractivity contribution in [2.24, 2.45) is 0 Å². The van der Waals surface area contributed by atoms with E-state index in [1.54, 1.807) is 18.1 Å². The van der Waals surface area contributed by atoms with Gasteiger partial charge in [-0.2, -0.15) is 4.39 Å². The van der Waals surface area contributed by atoms with E-state index in [9.17, 15) is 9.50 Å². The molecule has 0 saturated carbocycles. The Morgan fingerprint density at radius 2 is 1.85 bits per heavy atom. The summed E-state index contributed by atoms with van der Waals surface area (Å²) in [5, 5.41) is 9.18. The summed E-state index contributed by atoms with van der Waals surface area (Å²) >= 11 is 0. The van der Waals surface area contributed by atoms with E-state index >= 15 is 0 Å². The Balaban J connectivity index is 2.16. The zero-order valence-corrected chi connectivity index (χ0v) is 12.2. The van der Waals surface area contributed by atoms with Gasteiger partial charge in [-0.3, -0.25) is 0 Å². The number of aliphatic hydroxyl groups is 1. The van der Waals surface area contributed by atoms with Gasteiger partial charge in [0, 0.05) is 0 Å². The number of hydrogen-bond acceptors (Lipinski definition) is 4. The molecular weight excluding hydrogens is 260 g/mol. The highest BCUT2D eigenvalue weighted by Gasteiger charge is 2.49. The third-order valence-corrected chi connectivity index (χ3v) is 3.83. The van der Waals surface area contributed by atoms with Crippen LogP contribution in [0, 0.1) is 5.95 Å². The van der Waals surface area contributed by atoms with Gasteiger partial charge in [-0.05, 0) is 45.4 Å². The van der Waals surface area contributed by atoms with Crippen molar-refractivity contribution >= 4 is 13.2 Å². The molecule has 2 rings (SSSR count). The van der Waals surface area contributed by atoms with Gasteiger partial charge < -0.3 is 14.4 Å². The molecule has 20 heavy (non-hydrogen) atoms. The minimum atomic E-state index is -0.609. The molecule has 6 heteroatoms. The zero-order valence-electron chi connectivity index (χ0n) is 12.2. The van der Waals surface area contributed by atoms with Crippen molar-refractivity contribution in [2.45, 2.75) is 45.5 Å². The minimum Gasteiger partial charge on any atom is -0.400 e. The Morgan fingerprint density at radius 3 is 2.40 bits per heavy atom. The Bertz CT molecular complexity index is 515. The summed E-state index contributed by atoms with van der Waals surface area (Å²) in [6.07, 6.45) is 1.72. The molecule has 4 nitrogen and oxygen atoms in total. The monoisotopic (exact) mass is 279 g/mol. The van der Waals surface area contributed by atoms with Crippen LogP contribution in [0.3, 0.4) is 0 Å². The Morgan fingerprint density at radius 1 is 1.25 bits per heavy atom. The van der Waals surface area contributed by atoms with Crippen LogP contribution < -0.4 is 0 Å².